The van der Waals surface area contributed by atoms with Gasteiger partial charge in [-0.05, 0) is 23.8 Å². The molecule has 6 nitrogen and oxygen atoms in total. The minimum absolute atomic E-state index is 0.0855. The molecule has 1 unspecified atom stereocenters. The lowest BCUT2D eigenvalue weighted by Gasteiger charge is -2.16. The van der Waals surface area contributed by atoms with Crippen LogP contribution in [-0.4, -0.2) is 27.9 Å². The molecule has 0 radical (unpaired) electrons. The largest absolute Gasteiger partial charge is 0.457 e. The zero-order valence-corrected chi connectivity index (χ0v) is 16.1. The summed E-state index contributed by atoms with van der Waals surface area (Å²) < 4.78 is 6.51. The van der Waals surface area contributed by atoms with Gasteiger partial charge in [0, 0.05) is 30.4 Å². The summed E-state index contributed by atoms with van der Waals surface area (Å²) in [5.74, 6) is -0.749. The van der Waals surface area contributed by atoms with Crippen molar-refractivity contribution in [3.8, 4) is 0 Å². The van der Waals surface area contributed by atoms with Gasteiger partial charge >= 0.3 is 5.97 Å². The molecule has 0 bridgehead atoms. The number of nitrogens with zero attached hydrogens (tertiary/aromatic N) is 1. The number of carbonyl (C=O) groups excluding carboxylic acids is 2. The Bertz CT molecular complexity index is 1110. The van der Waals surface area contributed by atoms with E-state index in [2.05, 4.69) is 15.3 Å². The summed E-state index contributed by atoms with van der Waals surface area (Å²) in [5.41, 5.74) is 2.82. The summed E-state index contributed by atoms with van der Waals surface area (Å²) in [7, 11) is 0. The van der Waals surface area contributed by atoms with E-state index < -0.39 is 12.0 Å². The number of fused-ring (bicyclic) bond motifs is 2. The topological polar surface area (TPSA) is 84.1 Å². The number of H-pyrrole nitrogens is 1. The molecular formula is C21H19N3O3S. The lowest BCUT2D eigenvalue weighted by molar-refractivity contribution is -0.149. The highest BCUT2D eigenvalue weighted by Crippen LogP contribution is 2.23. The molecule has 2 heterocycles. The van der Waals surface area contributed by atoms with E-state index in [-0.39, 0.29) is 12.5 Å². The number of para-hydroxylation sites is 2. The number of amides is 1. The van der Waals surface area contributed by atoms with E-state index >= 15 is 0 Å². The average Bonchev–Trinajstić information content (AvgIpc) is 3.29. The predicted molar refractivity (Wildman–Crippen MR) is 109 cm³/mol. The number of benzene rings is 2. The Kier molecular flexibility index (Phi) is 5.08. The molecule has 0 aliphatic carbocycles. The number of nitrogens with one attached hydrogen (secondary N) is 2. The third-order valence-electron chi connectivity index (χ3n) is 4.44. The van der Waals surface area contributed by atoms with Gasteiger partial charge in [0.15, 0.2) is 0 Å². The highest BCUT2D eigenvalue weighted by Gasteiger charge is 2.23. The Morgan fingerprint density at radius 3 is 2.79 bits per heavy atom. The Morgan fingerprint density at radius 2 is 1.96 bits per heavy atom. The van der Waals surface area contributed by atoms with Crippen LogP contribution in [-0.2, 0) is 27.4 Å². The van der Waals surface area contributed by atoms with E-state index in [0.29, 0.717) is 6.42 Å². The molecule has 2 aromatic carbocycles. The maximum atomic E-state index is 12.7. The molecule has 28 heavy (non-hydrogen) atoms. The molecule has 4 aromatic rings. The molecule has 0 saturated carbocycles. The normalized spacial score (nSPS) is 12.2. The van der Waals surface area contributed by atoms with Crippen LogP contribution in [0.5, 0.6) is 0 Å². The molecule has 4 rings (SSSR count). The second-order valence-electron chi connectivity index (χ2n) is 6.50. The molecule has 0 saturated heterocycles. The van der Waals surface area contributed by atoms with E-state index in [1.54, 1.807) is 0 Å². The summed E-state index contributed by atoms with van der Waals surface area (Å²) in [6.07, 6.45) is 2.21. The molecule has 0 aliphatic heterocycles. The Hall–Kier alpha value is -3.19. The van der Waals surface area contributed by atoms with Crippen LogP contribution in [0.2, 0.25) is 0 Å². The standard InChI is InChI=1S/C21H19N3O3S/c1-13(25)23-18(10-14-11-22-16-7-3-2-6-15(14)16)21(26)27-12-20-24-17-8-4-5-9-19(17)28-20/h2-9,11,18,22H,10,12H2,1H3,(H,23,25). The average molecular weight is 393 g/mol. The number of thiazole rings is 1. The fourth-order valence-electron chi connectivity index (χ4n) is 3.17. The second kappa shape index (κ2) is 7.82. The van der Waals surface area contributed by atoms with Crippen molar-refractivity contribution < 1.29 is 14.3 Å². The van der Waals surface area contributed by atoms with E-state index in [1.807, 2.05) is 54.7 Å². The van der Waals surface area contributed by atoms with Crippen molar-refractivity contribution in [3.63, 3.8) is 0 Å². The number of carbonyl (C=O) groups is 2. The number of aromatic nitrogens is 2. The molecule has 142 valence electrons. The highest BCUT2D eigenvalue weighted by molar-refractivity contribution is 7.18. The maximum Gasteiger partial charge on any atom is 0.329 e. The van der Waals surface area contributed by atoms with Gasteiger partial charge in [-0.25, -0.2) is 9.78 Å². The number of rotatable bonds is 6. The minimum atomic E-state index is -0.758. The molecule has 0 fully saturated rings. The van der Waals surface area contributed by atoms with Gasteiger partial charge in [0.05, 0.1) is 10.2 Å². The Morgan fingerprint density at radius 1 is 1.18 bits per heavy atom. The van der Waals surface area contributed by atoms with Crippen molar-refractivity contribution >= 4 is 44.3 Å². The quantitative estimate of drug-likeness (QED) is 0.491. The van der Waals surface area contributed by atoms with Crippen LogP contribution in [0.25, 0.3) is 21.1 Å². The molecule has 2 N–H and O–H groups in total. The van der Waals surface area contributed by atoms with Gasteiger partial charge in [-0.15, -0.1) is 11.3 Å². The number of hydrogen-bond donors (Lipinski definition) is 2. The van der Waals surface area contributed by atoms with Crippen molar-refractivity contribution in [1.29, 1.82) is 0 Å². The van der Waals surface area contributed by atoms with Gasteiger partial charge in [-0.1, -0.05) is 30.3 Å². The zero-order valence-electron chi connectivity index (χ0n) is 15.3. The number of aromatic amines is 1. The van der Waals surface area contributed by atoms with E-state index in [9.17, 15) is 9.59 Å². The first-order valence-electron chi connectivity index (χ1n) is 8.93. The summed E-state index contributed by atoms with van der Waals surface area (Å²) in [6.45, 7) is 1.48. The first-order chi connectivity index (χ1) is 13.6. The van der Waals surface area contributed by atoms with Crippen molar-refractivity contribution in [1.82, 2.24) is 15.3 Å². The third-order valence-corrected chi connectivity index (χ3v) is 5.45. The summed E-state index contributed by atoms with van der Waals surface area (Å²) in [4.78, 5) is 31.9. The fourth-order valence-corrected chi connectivity index (χ4v) is 4.05. The molecular weight excluding hydrogens is 374 g/mol. The first kappa shape index (κ1) is 18.2. The predicted octanol–water partition coefficient (Wildman–Crippen LogP) is 3.57. The summed E-state index contributed by atoms with van der Waals surface area (Å²) in [6, 6.07) is 14.9. The van der Waals surface area contributed by atoms with Crippen molar-refractivity contribution in [2.45, 2.75) is 26.0 Å². The molecule has 1 atom stereocenters. The molecule has 2 aromatic heterocycles. The summed E-state index contributed by atoms with van der Waals surface area (Å²) in [5, 5.41) is 4.45. The van der Waals surface area contributed by atoms with E-state index in [1.165, 1.54) is 18.3 Å². The highest BCUT2D eigenvalue weighted by atomic mass is 32.1. The first-order valence-corrected chi connectivity index (χ1v) is 9.75. The SMILES string of the molecule is CC(=O)NC(Cc1c[nH]c2ccccc12)C(=O)OCc1nc2ccccc2s1. The van der Waals surface area contributed by atoms with Crippen LogP contribution in [0.4, 0.5) is 0 Å². The van der Waals surface area contributed by atoms with Crippen LogP contribution < -0.4 is 5.32 Å². The van der Waals surface area contributed by atoms with Gasteiger partial charge in [-0.3, -0.25) is 4.79 Å². The maximum absolute atomic E-state index is 12.7. The Labute approximate surface area is 165 Å². The number of ether oxygens (including phenoxy) is 1. The van der Waals surface area contributed by atoms with Crippen LogP contribution in [0.3, 0.4) is 0 Å². The molecule has 0 aliphatic rings. The van der Waals surface area contributed by atoms with Gasteiger partial charge < -0.3 is 15.0 Å². The lowest BCUT2D eigenvalue weighted by Crippen LogP contribution is -2.42. The van der Waals surface area contributed by atoms with Crippen molar-refractivity contribution in [2.24, 2.45) is 0 Å². The third kappa shape index (κ3) is 3.89. The molecule has 7 heteroatoms. The van der Waals surface area contributed by atoms with Gasteiger partial charge in [0.1, 0.15) is 17.7 Å². The number of hydrogen-bond acceptors (Lipinski definition) is 5. The van der Waals surface area contributed by atoms with E-state index in [0.717, 1.165) is 31.7 Å². The van der Waals surface area contributed by atoms with Crippen LogP contribution in [0, 0.1) is 0 Å². The van der Waals surface area contributed by atoms with E-state index in [4.69, 9.17) is 4.74 Å². The van der Waals surface area contributed by atoms with Crippen LogP contribution in [0.15, 0.2) is 54.7 Å². The van der Waals surface area contributed by atoms with Gasteiger partial charge in [0.25, 0.3) is 0 Å². The smallest absolute Gasteiger partial charge is 0.329 e. The minimum Gasteiger partial charge on any atom is -0.457 e. The van der Waals surface area contributed by atoms with Crippen molar-refractivity contribution in [3.05, 3.63) is 65.3 Å². The van der Waals surface area contributed by atoms with Gasteiger partial charge in [-0.2, -0.15) is 0 Å². The molecule has 1 amide bonds. The van der Waals surface area contributed by atoms with Gasteiger partial charge in [0.2, 0.25) is 5.91 Å². The fraction of sp³-hybridized carbons (Fsp3) is 0.190. The van der Waals surface area contributed by atoms with Crippen LogP contribution in [0.1, 0.15) is 17.5 Å². The van der Waals surface area contributed by atoms with Crippen molar-refractivity contribution in [2.75, 3.05) is 0 Å². The second-order valence-corrected chi connectivity index (χ2v) is 7.61. The number of esters is 1. The Balaban J connectivity index is 1.48. The van der Waals surface area contributed by atoms with Crippen LogP contribution >= 0.6 is 11.3 Å². The lowest BCUT2D eigenvalue weighted by atomic mass is 10.0. The summed E-state index contributed by atoms with van der Waals surface area (Å²) >= 11 is 1.49. The molecule has 0 spiro atoms. The monoisotopic (exact) mass is 393 g/mol. The zero-order chi connectivity index (χ0) is 19.5.